The van der Waals surface area contributed by atoms with Crippen molar-refractivity contribution in [2.75, 3.05) is 5.32 Å². The second-order valence-electron chi connectivity index (χ2n) is 4.36. The Morgan fingerprint density at radius 1 is 1.41 bits per heavy atom. The van der Waals surface area contributed by atoms with Crippen molar-refractivity contribution in [1.29, 1.82) is 0 Å². The van der Waals surface area contributed by atoms with Gasteiger partial charge in [0.2, 0.25) is 5.89 Å². The van der Waals surface area contributed by atoms with Gasteiger partial charge in [-0.25, -0.2) is 0 Å². The van der Waals surface area contributed by atoms with Crippen LogP contribution in [0.3, 0.4) is 0 Å². The van der Waals surface area contributed by atoms with Crippen LogP contribution in [0.2, 0.25) is 0 Å². The highest BCUT2D eigenvalue weighted by Crippen LogP contribution is 2.32. The first-order valence-electron chi connectivity index (χ1n) is 6.03. The van der Waals surface area contributed by atoms with E-state index in [0.29, 0.717) is 5.89 Å². The molecule has 4 heteroatoms. The van der Waals surface area contributed by atoms with E-state index < -0.39 is 0 Å². The molecule has 0 spiro atoms. The maximum atomic E-state index is 5.31. The summed E-state index contributed by atoms with van der Waals surface area (Å²) in [5, 5.41) is 7.40. The molecule has 4 nitrogen and oxygen atoms in total. The Hall–Kier alpha value is -1.84. The van der Waals surface area contributed by atoms with Crippen LogP contribution in [0.5, 0.6) is 0 Å². The monoisotopic (exact) mass is 229 g/mol. The molecule has 2 heterocycles. The summed E-state index contributed by atoms with van der Waals surface area (Å²) in [6.07, 6.45) is 2.84. The van der Waals surface area contributed by atoms with E-state index in [-0.39, 0.29) is 6.04 Å². The zero-order valence-corrected chi connectivity index (χ0v) is 9.81. The van der Waals surface area contributed by atoms with Gasteiger partial charge in [0.1, 0.15) is 6.04 Å². The number of hydrogen-bond acceptors (Lipinski definition) is 4. The standard InChI is InChI=1S/C13H15N3O/c1-2-5-12-15-13(17-16-12)11-8-9-6-3-4-7-10(9)14-11/h3-4,6-7,11,14H,2,5,8H2,1H3/t11-/m0/s1. The summed E-state index contributed by atoms with van der Waals surface area (Å²) in [4.78, 5) is 4.42. The van der Waals surface area contributed by atoms with Gasteiger partial charge >= 0.3 is 0 Å². The number of nitrogens with one attached hydrogen (secondary N) is 1. The molecule has 0 amide bonds. The number of nitrogens with zero attached hydrogens (tertiary/aromatic N) is 2. The Bertz CT molecular complexity index is 496. The topological polar surface area (TPSA) is 51.0 Å². The van der Waals surface area contributed by atoms with Crippen LogP contribution in [-0.2, 0) is 12.8 Å². The van der Waals surface area contributed by atoms with E-state index in [1.54, 1.807) is 0 Å². The predicted molar refractivity (Wildman–Crippen MR) is 64.8 cm³/mol. The molecule has 2 aromatic rings. The van der Waals surface area contributed by atoms with Crippen molar-refractivity contribution in [1.82, 2.24) is 10.1 Å². The van der Waals surface area contributed by atoms with Crippen LogP contribution in [0.15, 0.2) is 28.8 Å². The number of hydrogen-bond donors (Lipinski definition) is 1. The zero-order chi connectivity index (χ0) is 11.7. The third kappa shape index (κ3) is 1.90. The van der Waals surface area contributed by atoms with Crippen molar-refractivity contribution in [2.45, 2.75) is 32.2 Å². The van der Waals surface area contributed by atoms with Gasteiger partial charge < -0.3 is 9.84 Å². The van der Waals surface area contributed by atoms with E-state index in [0.717, 1.165) is 25.1 Å². The molecule has 3 rings (SSSR count). The lowest BCUT2D eigenvalue weighted by Crippen LogP contribution is -2.06. The van der Waals surface area contributed by atoms with Crippen LogP contribution in [0.4, 0.5) is 5.69 Å². The highest BCUT2D eigenvalue weighted by Gasteiger charge is 2.26. The summed E-state index contributed by atoms with van der Waals surface area (Å²) in [7, 11) is 0. The van der Waals surface area contributed by atoms with Gasteiger partial charge in [0.15, 0.2) is 5.82 Å². The minimum absolute atomic E-state index is 0.130. The molecule has 1 N–H and O–H groups in total. The number of aromatic nitrogens is 2. The highest BCUT2D eigenvalue weighted by atomic mass is 16.5. The second-order valence-corrected chi connectivity index (χ2v) is 4.36. The van der Waals surface area contributed by atoms with Crippen LogP contribution in [0.1, 0.15) is 36.7 Å². The number of para-hydroxylation sites is 1. The van der Waals surface area contributed by atoms with Crippen molar-refractivity contribution >= 4 is 5.69 Å². The quantitative estimate of drug-likeness (QED) is 0.879. The molecule has 0 unspecified atom stereocenters. The summed E-state index contributed by atoms with van der Waals surface area (Å²) in [5.74, 6) is 1.50. The first-order valence-corrected chi connectivity index (χ1v) is 6.03. The summed E-state index contributed by atoms with van der Waals surface area (Å²) >= 11 is 0. The highest BCUT2D eigenvalue weighted by molar-refractivity contribution is 5.56. The third-order valence-electron chi connectivity index (χ3n) is 3.03. The fourth-order valence-corrected chi connectivity index (χ4v) is 2.18. The van der Waals surface area contributed by atoms with Crippen LogP contribution >= 0.6 is 0 Å². The number of rotatable bonds is 3. The van der Waals surface area contributed by atoms with Gasteiger partial charge in [0, 0.05) is 18.5 Å². The summed E-state index contributed by atoms with van der Waals surface area (Å²) in [6.45, 7) is 2.11. The fraction of sp³-hybridized carbons (Fsp3) is 0.385. The smallest absolute Gasteiger partial charge is 0.249 e. The number of anilines is 1. The van der Waals surface area contributed by atoms with E-state index in [2.05, 4.69) is 40.6 Å². The molecule has 1 aliphatic rings. The minimum Gasteiger partial charge on any atom is -0.373 e. The summed E-state index contributed by atoms with van der Waals surface area (Å²) < 4.78 is 5.31. The van der Waals surface area contributed by atoms with Gasteiger partial charge in [-0.3, -0.25) is 0 Å². The van der Waals surface area contributed by atoms with Gasteiger partial charge in [0.05, 0.1) is 0 Å². The minimum atomic E-state index is 0.130. The third-order valence-corrected chi connectivity index (χ3v) is 3.03. The first kappa shape index (κ1) is 10.3. The molecular weight excluding hydrogens is 214 g/mol. The lowest BCUT2D eigenvalue weighted by atomic mass is 10.1. The van der Waals surface area contributed by atoms with Crippen molar-refractivity contribution in [3.05, 3.63) is 41.5 Å². The molecule has 1 aromatic heterocycles. The van der Waals surface area contributed by atoms with Gasteiger partial charge in [0.25, 0.3) is 0 Å². The lowest BCUT2D eigenvalue weighted by Gasteiger charge is -2.04. The van der Waals surface area contributed by atoms with Crippen LogP contribution in [-0.4, -0.2) is 10.1 Å². The maximum absolute atomic E-state index is 5.31. The molecule has 0 saturated carbocycles. The Kier molecular flexibility index (Phi) is 2.55. The van der Waals surface area contributed by atoms with E-state index in [1.807, 2.05) is 6.07 Å². The van der Waals surface area contributed by atoms with Gasteiger partial charge in [-0.05, 0) is 18.1 Å². The number of benzene rings is 1. The largest absolute Gasteiger partial charge is 0.373 e. The molecule has 1 aliphatic heterocycles. The molecule has 0 saturated heterocycles. The number of aryl methyl sites for hydroxylation is 1. The molecule has 0 fully saturated rings. The first-order chi connectivity index (χ1) is 8.36. The van der Waals surface area contributed by atoms with Gasteiger partial charge in [-0.15, -0.1) is 0 Å². The average molecular weight is 229 g/mol. The normalized spacial score (nSPS) is 17.8. The molecule has 1 atom stereocenters. The van der Waals surface area contributed by atoms with Crippen LogP contribution < -0.4 is 5.32 Å². The molecule has 0 bridgehead atoms. The molecule has 88 valence electrons. The van der Waals surface area contributed by atoms with Crippen LogP contribution in [0, 0.1) is 0 Å². The molecule has 0 radical (unpaired) electrons. The summed E-state index contributed by atoms with van der Waals surface area (Å²) in [6, 6.07) is 8.43. The van der Waals surface area contributed by atoms with Crippen molar-refractivity contribution in [2.24, 2.45) is 0 Å². The van der Waals surface area contributed by atoms with Crippen molar-refractivity contribution < 1.29 is 4.52 Å². The molecular formula is C13H15N3O. The maximum Gasteiger partial charge on any atom is 0.249 e. The fourth-order valence-electron chi connectivity index (χ4n) is 2.18. The SMILES string of the molecule is CCCc1noc([C@@H]2Cc3ccccc3N2)n1. The second kappa shape index (κ2) is 4.20. The summed E-state index contributed by atoms with van der Waals surface area (Å²) in [5.41, 5.74) is 2.49. The van der Waals surface area contributed by atoms with Gasteiger partial charge in [-0.1, -0.05) is 30.3 Å². The van der Waals surface area contributed by atoms with Crippen LogP contribution in [0.25, 0.3) is 0 Å². The Labute approximate surface area is 100 Å². The van der Waals surface area contributed by atoms with Gasteiger partial charge in [-0.2, -0.15) is 4.98 Å². The molecule has 1 aromatic carbocycles. The van der Waals surface area contributed by atoms with E-state index >= 15 is 0 Å². The van der Waals surface area contributed by atoms with Crippen molar-refractivity contribution in [3.8, 4) is 0 Å². The predicted octanol–water partition coefficient (Wildman–Crippen LogP) is 2.73. The van der Waals surface area contributed by atoms with E-state index in [9.17, 15) is 0 Å². The Morgan fingerprint density at radius 3 is 3.12 bits per heavy atom. The molecule has 0 aliphatic carbocycles. The Morgan fingerprint density at radius 2 is 2.29 bits per heavy atom. The van der Waals surface area contributed by atoms with E-state index in [1.165, 1.54) is 11.3 Å². The Balaban J connectivity index is 1.79. The van der Waals surface area contributed by atoms with E-state index in [4.69, 9.17) is 4.52 Å². The zero-order valence-electron chi connectivity index (χ0n) is 9.81. The van der Waals surface area contributed by atoms with Crippen molar-refractivity contribution in [3.63, 3.8) is 0 Å². The molecule has 17 heavy (non-hydrogen) atoms. The lowest BCUT2D eigenvalue weighted by molar-refractivity contribution is 0.359. The average Bonchev–Trinajstić information content (AvgIpc) is 2.94. The number of fused-ring (bicyclic) bond motifs is 1.